The summed E-state index contributed by atoms with van der Waals surface area (Å²) in [6.45, 7) is 9.43. The van der Waals surface area contributed by atoms with Gasteiger partial charge in [0.25, 0.3) is 0 Å². The maximum atomic E-state index is 4.35. The van der Waals surface area contributed by atoms with Gasteiger partial charge in [-0.2, -0.15) is 0 Å². The SMILES string of the molecule is CCCNC(C)c1nnn(-c2cccc(Br)c2C)c1C. The molecule has 0 amide bonds. The van der Waals surface area contributed by atoms with E-state index in [-0.39, 0.29) is 6.04 Å². The Balaban J connectivity index is 2.35. The van der Waals surface area contributed by atoms with Gasteiger partial charge in [0.1, 0.15) is 5.69 Å². The zero-order valence-electron chi connectivity index (χ0n) is 12.4. The van der Waals surface area contributed by atoms with Gasteiger partial charge in [0, 0.05) is 4.47 Å². The van der Waals surface area contributed by atoms with Crippen molar-refractivity contribution in [2.24, 2.45) is 0 Å². The van der Waals surface area contributed by atoms with E-state index in [1.807, 2.05) is 16.8 Å². The van der Waals surface area contributed by atoms with Crippen LogP contribution in [0.3, 0.4) is 0 Å². The fraction of sp³-hybridized carbons (Fsp3) is 0.467. The van der Waals surface area contributed by atoms with Gasteiger partial charge in [-0.3, -0.25) is 0 Å². The molecule has 0 bridgehead atoms. The van der Waals surface area contributed by atoms with E-state index in [4.69, 9.17) is 0 Å². The predicted octanol–water partition coefficient (Wildman–Crippen LogP) is 3.71. The molecule has 0 aliphatic heterocycles. The Morgan fingerprint density at radius 1 is 1.35 bits per heavy atom. The second-order valence-corrected chi connectivity index (χ2v) is 5.89. The molecule has 5 heteroatoms. The third kappa shape index (κ3) is 2.94. The number of halogens is 1. The summed E-state index contributed by atoms with van der Waals surface area (Å²) in [5.74, 6) is 0. The number of aromatic nitrogens is 3. The molecule has 1 aromatic heterocycles. The molecule has 0 fully saturated rings. The zero-order chi connectivity index (χ0) is 14.7. The quantitative estimate of drug-likeness (QED) is 0.904. The first-order chi connectivity index (χ1) is 9.56. The van der Waals surface area contributed by atoms with E-state index < -0.39 is 0 Å². The van der Waals surface area contributed by atoms with Crippen molar-refractivity contribution >= 4 is 15.9 Å². The van der Waals surface area contributed by atoms with E-state index in [2.05, 4.69) is 65.3 Å². The maximum absolute atomic E-state index is 4.35. The number of hydrogen-bond acceptors (Lipinski definition) is 3. The molecule has 1 N–H and O–H groups in total. The topological polar surface area (TPSA) is 42.7 Å². The predicted molar refractivity (Wildman–Crippen MR) is 85.2 cm³/mol. The van der Waals surface area contributed by atoms with Crippen LogP contribution in [0.1, 0.15) is 43.3 Å². The molecule has 108 valence electrons. The Hall–Kier alpha value is -1.20. The molecule has 1 aromatic carbocycles. The minimum Gasteiger partial charge on any atom is -0.309 e. The Kier molecular flexibility index (Phi) is 4.94. The van der Waals surface area contributed by atoms with E-state index >= 15 is 0 Å². The van der Waals surface area contributed by atoms with Crippen molar-refractivity contribution in [2.45, 2.75) is 40.2 Å². The highest BCUT2D eigenvalue weighted by molar-refractivity contribution is 9.10. The van der Waals surface area contributed by atoms with Crippen molar-refractivity contribution in [3.8, 4) is 5.69 Å². The van der Waals surface area contributed by atoms with Crippen LogP contribution in [0.2, 0.25) is 0 Å². The standard InChI is InChI=1S/C15H21BrN4/c1-5-9-17-11(3)15-12(4)20(19-18-15)14-8-6-7-13(16)10(14)2/h6-8,11,17H,5,9H2,1-4H3. The van der Waals surface area contributed by atoms with Gasteiger partial charge in [-0.15, -0.1) is 5.10 Å². The summed E-state index contributed by atoms with van der Waals surface area (Å²) >= 11 is 3.56. The van der Waals surface area contributed by atoms with Crippen LogP contribution in [0.15, 0.2) is 22.7 Å². The lowest BCUT2D eigenvalue weighted by Crippen LogP contribution is -2.20. The summed E-state index contributed by atoms with van der Waals surface area (Å²) in [4.78, 5) is 0. The summed E-state index contributed by atoms with van der Waals surface area (Å²) in [7, 11) is 0. The van der Waals surface area contributed by atoms with Gasteiger partial charge in [0.05, 0.1) is 17.4 Å². The van der Waals surface area contributed by atoms with Crippen molar-refractivity contribution in [3.05, 3.63) is 39.6 Å². The largest absolute Gasteiger partial charge is 0.309 e. The number of nitrogens with zero attached hydrogens (tertiary/aromatic N) is 3. The average Bonchev–Trinajstić information content (AvgIpc) is 2.81. The smallest absolute Gasteiger partial charge is 0.103 e. The molecule has 20 heavy (non-hydrogen) atoms. The number of benzene rings is 1. The summed E-state index contributed by atoms with van der Waals surface area (Å²) < 4.78 is 3.00. The molecule has 0 saturated carbocycles. The summed E-state index contributed by atoms with van der Waals surface area (Å²) in [6.07, 6.45) is 1.11. The average molecular weight is 337 g/mol. The fourth-order valence-electron chi connectivity index (χ4n) is 2.25. The van der Waals surface area contributed by atoms with Crippen LogP contribution in [0.5, 0.6) is 0 Å². The van der Waals surface area contributed by atoms with Crippen LogP contribution < -0.4 is 5.32 Å². The summed E-state index contributed by atoms with van der Waals surface area (Å²) in [6, 6.07) is 6.34. The van der Waals surface area contributed by atoms with Crippen molar-refractivity contribution in [3.63, 3.8) is 0 Å². The lowest BCUT2D eigenvalue weighted by atomic mass is 10.1. The Morgan fingerprint density at radius 3 is 2.80 bits per heavy atom. The molecule has 1 atom stereocenters. The van der Waals surface area contributed by atoms with Crippen LogP contribution in [0.4, 0.5) is 0 Å². The van der Waals surface area contributed by atoms with Gasteiger partial charge in [0.15, 0.2) is 0 Å². The highest BCUT2D eigenvalue weighted by Gasteiger charge is 2.16. The van der Waals surface area contributed by atoms with Crippen LogP contribution in [-0.4, -0.2) is 21.5 Å². The number of hydrogen-bond donors (Lipinski definition) is 1. The van der Waals surface area contributed by atoms with E-state index in [0.717, 1.165) is 34.5 Å². The van der Waals surface area contributed by atoms with E-state index in [1.165, 1.54) is 5.56 Å². The summed E-state index contributed by atoms with van der Waals surface area (Å²) in [5.41, 5.74) is 4.33. The first-order valence-corrected chi connectivity index (χ1v) is 7.76. The van der Waals surface area contributed by atoms with Gasteiger partial charge in [0.2, 0.25) is 0 Å². The second kappa shape index (κ2) is 6.50. The monoisotopic (exact) mass is 336 g/mol. The lowest BCUT2D eigenvalue weighted by molar-refractivity contribution is 0.555. The molecule has 2 rings (SSSR count). The van der Waals surface area contributed by atoms with Gasteiger partial charge in [-0.1, -0.05) is 34.1 Å². The highest BCUT2D eigenvalue weighted by atomic mass is 79.9. The van der Waals surface area contributed by atoms with E-state index in [9.17, 15) is 0 Å². The number of rotatable bonds is 5. The van der Waals surface area contributed by atoms with Gasteiger partial charge < -0.3 is 5.32 Å². The van der Waals surface area contributed by atoms with Gasteiger partial charge in [-0.05, 0) is 51.4 Å². The Labute approximate surface area is 128 Å². The highest BCUT2D eigenvalue weighted by Crippen LogP contribution is 2.24. The maximum Gasteiger partial charge on any atom is 0.103 e. The third-order valence-electron chi connectivity index (χ3n) is 3.51. The van der Waals surface area contributed by atoms with Crippen LogP contribution in [0.25, 0.3) is 5.69 Å². The van der Waals surface area contributed by atoms with Crippen molar-refractivity contribution in [1.82, 2.24) is 20.3 Å². The molecule has 0 spiro atoms. The van der Waals surface area contributed by atoms with Crippen molar-refractivity contribution < 1.29 is 0 Å². The van der Waals surface area contributed by atoms with Crippen molar-refractivity contribution in [2.75, 3.05) is 6.54 Å². The van der Waals surface area contributed by atoms with Crippen LogP contribution in [-0.2, 0) is 0 Å². The first-order valence-electron chi connectivity index (χ1n) is 6.97. The molecule has 0 radical (unpaired) electrons. The molecular weight excluding hydrogens is 316 g/mol. The minimum absolute atomic E-state index is 0.219. The van der Waals surface area contributed by atoms with Gasteiger partial charge >= 0.3 is 0 Å². The van der Waals surface area contributed by atoms with E-state index in [1.54, 1.807) is 0 Å². The minimum atomic E-state index is 0.219. The molecular formula is C15H21BrN4. The van der Waals surface area contributed by atoms with E-state index in [0.29, 0.717) is 0 Å². The molecule has 1 unspecified atom stereocenters. The lowest BCUT2D eigenvalue weighted by Gasteiger charge is -2.12. The van der Waals surface area contributed by atoms with Crippen LogP contribution >= 0.6 is 15.9 Å². The Morgan fingerprint density at radius 2 is 2.10 bits per heavy atom. The molecule has 1 heterocycles. The molecule has 0 aliphatic rings. The Bertz CT molecular complexity index is 592. The van der Waals surface area contributed by atoms with Crippen molar-refractivity contribution in [1.29, 1.82) is 0 Å². The fourth-order valence-corrected chi connectivity index (χ4v) is 2.61. The molecule has 0 saturated heterocycles. The zero-order valence-corrected chi connectivity index (χ0v) is 14.0. The molecule has 0 aliphatic carbocycles. The normalized spacial score (nSPS) is 12.7. The molecule has 4 nitrogen and oxygen atoms in total. The van der Waals surface area contributed by atoms with Crippen LogP contribution in [0, 0.1) is 13.8 Å². The third-order valence-corrected chi connectivity index (χ3v) is 4.37. The summed E-state index contributed by atoms with van der Waals surface area (Å²) in [5, 5.41) is 12.1. The first kappa shape index (κ1) is 15.2. The molecule has 2 aromatic rings. The second-order valence-electron chi connectivity index (χ2n) is 5.03. The number of nitrogens with one attached hydrogen (secondary N) is 1. The van der Waals surface area contributed by atoms with Gasteiger partial charge in [-0.25, -0.2) is 4.68 Å².